The van der Waals surface area contributed by atoms with Crippen LogP contribution in [-0.2, 0) is 4.79 Å². The van der Waals surface area contributed by atoms with Crippen LogP contribution < -0.4 is 16.2 Å². The van der Waals surface area contributed by atoms with Gasteiger partial charge in [-0.05, 0) is 24.5 Å². The van der Waals surface area contributed by atoms with Crippen molar-refractivity contribution in [3.05, 3.63) is 29.8 Å². The number of benzene rings is 1. The highest BCUT2D eigenvalue weighted by Crippen LogP contribution is 2.17. The maximum Gasteiger partial charge on any atom is 0.247 e. The minimum absolute atomic E-state index is 0.292. The molecule has 0 fully saturated rings. The van der Waals surface area contributed by atoms with E-state index in [9.17, 15) is 4.79 Å². The minimum Gasteiger partial charge on any atom is -0.323 e. The highest BCUT2D eigenvalue weighted by molar-refractivity contribution is 6.41. The summed E-state index contributed by atoms with van der Waals surface area (Å²) >= 11 is 0. The summed E-state index contributed by atoms with van der Waals surface area (Å²) in [4.78, 5) is 11.3. The minimum atomic E-state index is -0.295. The lowest BCUT2D eigenvalue weighted by atomic mass is 9.76. The van der Waals surface area contributed by atoms with Gasteiger partial charge in [-0.15, -0.1) is 0 Å². The number of carbonyl (C=O) groups is 1. The summed E-state index contributed by atoms with van der Waals surface area (Å²) in [5.41, 5.74) is 3.56. The number of rotatable bonds is 3. The van der Waals surface area contributed by atoms with Crippen LogP contribution in [-0.4, -0.2) is 21.6 Å². The fourth-order valence-electron chi connectivity index (χ4n) is 1.70. The second kappa shape index (κ2) is 5.26. The van der Waals surface area contributed by atoms with Crippen LogP contribution in [0.25, 0.3) is 0 Å². The molecule has 0 heterocycles. The molecule has 0 unspecified atom stereocenters. The van der Waals surface area contributed by atoms with E-state index >= 15 is 0 Å². The lowest BCUT2D eigenvalue weighted by molar-refractivity contribution is -0.111. The van der Waals surface area contributed by atoms with Crippen LogP contribution in [0, 0.1) is 6.92 Å². The summed E-state index contributed by atoms with van der Waals surface area (Å²) in [5, 5.41) is 2.67. The molecule has 0 spiro atoms. The van der Waals surface area contributed by atoms with Crippen LogP contribution in [0.2, 0.25) is 0 Å². The average molecular weight is 223 g/mol. The van der Waals surface area contributed by atoms with Gasteiger partial charge in [0.15, 0.2) is 0 Å². The molecule has 1 aromatic carbocycles. The molecule has 1 rings (SSSR count). The Kier molecular flexibility index (Phi) is 4.22. The van der Waals surface area contributed by atoms with E-state index in [-0.39, 0.29) is 5.91 Å². The largest absolute Gasteiger partial charge is 0.323 e. The number of hydrogen-bond acceptors (Lipinski definition) is 1. The Hall–Kier alpha value is -1.44. The van der Waals surface area contributed by atoms with Crippen molar-refractivity contribution in [3.63, 3.8) is 0 Å². The average Bonchev–Trinajstić information content (AvgIpc) is 2.28. The zero-order valence-corrected chi connectivity index (χ0v) is 10.5. The van der Waals surface area contributed by atoms with Crippen molar-refractivity contribution in [2.75, 3.05) is 5.32 Å². The quantitative estimate of drug-likeness (QED) is 0.596. The van der Waals surface area contributed by atoms with E-state index in [0.29, 0.717) is 22.5 Å². The van der Waals surface area contributed by atoms with Gasteiger partial charge >= 0.3 is 0 Å². The monoisotopic (exact) mass is 223 g/mol. The van der Waals surface area contributed by atoms with Gasteiger partial charge in [-0.2, -0.15) is 0 Å². The van der Waals surface area contributed by atoms with E-state index in [1.54, 1.807) is 0 Å². The first-order valence-electron chi connectivity index (χ1n) is 5.50. The van der Waals surface area contributed by atoms with Gasteiger partial charge in [0.1, 0.15) is 15.7 Å². The van der Waals surface area contributed by atoms with Crippen molar-refractivity contribution >= 4 is 38.2 Å². The second-order valence-electron chi connectivity index (χ2n) is 4.32. The summed E-state index contributed by atoms with van der Waals surface area (Å²) in [6.07, 6.45) is 1.20. The summed E-state index contributed by atoms with van der Waals surface area (Å²) < 4.78 is 0. The van der Waals surface area contributed by atoms with Crippen molar-refractivity contribution in [2.45, 2.75) is 26.7 Å². The molecule has 0 atom stereocenters. The van der Waals surface area contributed by atoms with E-state index in [1.165, 1.54) is 6.08 Å². The number of amides is 1. The van der Waals surface area contributed by atoms with Gasteiger partial charge < -0.3 is 5.32 Å². The maximum absolute atomic E-state index is 11.3. The van der Waals surface area contributed by atoms with E-state index < -0.39 is 0 Å². The Morgan fingerprint density at radius 2 is 2.06 bits per heavy atom. The summed E-state index contributed by atoms with van der Waals surface area (Å²) in [5.74, 6) is -0.00310. The fourth-order valence-corrected chi connectivity index (χ4v) is 1.70. The molecule has 0 aliphatic carbocycles. The van der Waals surface area contributed by atoms with Crippen molar-refractivity contribution in [1.82, 2.24) is 0 Å². The molecular weight excluding hydrogens is 208 g/mol. The molecule has 0 saturated heterocycles. The van der Waals surface area contributed by atoms with Crippen LogP contribution >= 0.6 is 0 Å². The van der Waals surface area contributed by atoms with Gasteiger partial charge in [-0.3, -0.25) is 4.79 Å². The number of nitrogens with one attached hydrogen (secondary N) is 1. The van der Waals surface area contributed by atoms with Crippen LogP contribution in [0.5, 0.6) is 0 Å². The number of carbonyl (C=O) groups excluding carboxylic acids is 1. The first-order valence-corrected chi connectivity index (χ1v) is 5.50. The molecule has 1 N–H and O–H groups in total. The Balaban J connectivity index is 3.30. The Morgan fingerprint density at radius 1 is 1.47 bits per heavy atom. The highest BCUT2D eigenvalue weighted by atomic mass is 16.1. The molecule has 0 bridgehead atoms. The third kappa shape index (κ3) is 2.82. The first-order chi connectivity index (χ1) is 7.88. The van der Waals surface area contributed by atoms with Gasteiger partial charge in [-0.1, -0.05) is 43.0 Å². The summed E-state index contributed by atoms with van der Waals surface area (Å²) in [6, 6.07) is 1.81. The number of anilines is 1. The van der Waals surface area contributed by atoms with E-state index in [0.717, 1.165) is 11.1 Å². The maximum atomic E-state index is 11.3. The van der Waals surface area contributed by atoms with E-state index in [1.807, 2.05) is 26.8 Å². The third-order valence-corrected chi connectivity index (χ3v) is 2.75. The predicted octanol–water partition coefficient (Wildman–Crippen LogP) is 0.831. The van der Waals surface area contributed by atoms with E-state index in [2.05, 4.69) is 11.9 Å². The molecule has 0 aliphatic rings. The second-order valence-corrected chi connectivity index (χ2v) is 4.32. The van der Waals surface area contributed by atoms with E-state index in [4.69, 9.17) is 15.7 Å². The molecule has 84 valence electrons. The molecule has 0 aromatic heterocycles. The lowest BCUT2D eigenvalue weighted by Crippen LogP contribution is -2.27. The smallest absolute Gasteiger partial charge is 0.247 e. The SMILES string of the molecule is [B]c1cc(C(C)C)c([B])c(C)c1NC(=O)C=C. The normalized spacial score (nSPS) is 10.4. The molecule has 17 heavy (non-hydrogen) atoms. The first kappa shape index (κ1) is 13.6. The van der Waals surface area contributed by atoms with Crippen molar-refractivity contribution < 1.29 is 4.79 Å². The highest BCUT2D eigenvalue weighted by Gasteiger charge is 2.12. The van der Waals surface area contributed by atoms with Crippen molar-refractivity contribution in [1.29, 1.82) is 0 Å². The van der Waals surface area contributed by atoms with Crippen LogP contribution in [0.4, 0.5) is 5.69 Å². The molecule has 4 radical (unpaired) electrons. The van der Waals surface area contributed by atoms with Gasteiger partial charge in [0.05, 0.1) is 0 Å². The van der Waals surface area contributed by atoms with Gasteiger partial charge in [0.2, 0.25) is 5.91 Å². The molecule has 4 heteroatoms. The Morgan fingerprint density at radius 3 is 2.53 bits per heavy atom. The zero-order valence-electron chi connectivity index (χ0n) is 10.5. The molecule has 2 nitrogen and oxygen atoms in total. The molecule has 0 saturated carbocycles. The third-order valence-electron chi connectivity index (χ3n) is 2.75. The molecule has 1 aromatic rings. The molecule has 1 amide bonds. The molecule has 0 aliphatic heterocycles. The Bertz CT molecular complexity index is 467. The molecular formula is C13H15B2NO. The lowest BCUT2D eigenvalue weighted by Gasteiger charge is -2.19. The summed E-state index contributed by atoms with van der Waals surface area (Å²) in [7, 11) is 12.0. The van der Waals surface area contributed by atoms with Crippen LogP contribution in [0.1, 0.15) is 30.9 Å². The topological polar surface area (TPSA) is 29.1 Å². The van der Waals surface area contributed by atoms with Crippen molar-refractivity contribution in [3.8, 4) is 0 Å². The van der Waals surface area contributed by atoms with Crippen LogP contribution in [0.3, 0.4) is 0 Å². The fraction of sp³-hybridized carbons (Fsp3) is 0.308. The van der Waals surface area contributed by atoms with Gasteiger partial charge in [-0.25, -0.2) is 0 Å². The van der Waals surface area contributed by atoms with Crippen molar-refractivity contribution in [2.24, 2.45) is 0 Å². The van der Waals surface area contributed by atoms with Gasteiger partial charge in [0.25, 0.3) is 0 Å². The predicted molar refractivity (Wildman–Crippen MR) is 74.9 cm³/mol. The standard InChI is InChI=1S/C13H15B2NO/c1-5-11(17)16-13-8(4)12(15)9(7(2)3)6-10(13)14/h5-7H,1H2,2-4H3,(H,16,17). The zero-order chi connectivity index (χ0) is 13.2. The number of hydrogen-bond donors (Lipinski definition) is 1. The summed E-state index contributed by atoms with van der Waals surface area (Å²) in [6.45, 7) is 9.34. The van der Waals surface area contributed by atoms with Gasteiger partial charge in [0, 0.05) is 5.69 Å². The Labute approximate surface area is 105 Å². The van der Waals surface area contributed by atoms with Crippen LogP contribution in [0.15, 0.2) is 18.7 Å².